The zero-order valence-electron chi connectivity index (χ0n) is 11.2. The van der Waals surface area contributed by atoms with E-state index in [4.69, 9.17) is 14.6 Å². The number of aliphatic hydroxyl groups is 1. The Morgan fingerprint density at radius 2 is 2.17 bits per heavy atom. The number of rotatable bonds is 5. The van der Waals surface area contributed by atoms with Gasteiger partial charge in [0.25, 0.3) is 0 Å². The lowest BCUT2D eigenvalue weighted by Gasteiger charge is -2.14. The van der Waals surface area contributed by atoms with Crippen molar-refractivity contribution < 1.29 is 14.6 Å². The van der Waals surface area contributed by atoms with E-state index >= 15 is 0 Å². The van der Waals surface area contributed by atoms with Crippen LogP contribution >= 0.6 is 0 Å². The van der Waals surface area contributed by atoms with Crippen LogP contribution in [-0.2, 0) is 4.74 Å². The molecule has 0 heterocycles. The number of aryl methyl sites for hydroxylation is 1. The van der Waals surface area contributed by atoms with Crippen molar-refractivity contribution in [1.29, 1.82) is 0 Å². The van der Waals surface area contributed by atoms with Crippen LogP contribution < -0.4 is 4.74 Å². The normalized spacial score (nSPS) is 11.6. The third-order valence-electron chi connectivity index (χ3n) is 2.40. The minimum absolute atomic E-state index is 0.0284. The van der Waals surface area contributed by atoms with Crippen molar-refractivity contribution in [1.82, 2.24) is 0 Å². The van der Waals surface area contributed by atoms with E-state index < -0.39 is 0 Å². The van der Waals surface area contributed by atoms with E-state index in [0.717, 1.165) is 16.9 Å². The molecule has 3 heteroatoms. The van der Waals surface area contributed by atoms with Crippen LogP contribution in [0.15, 0.2) is 18.2 Å². The summed E-state index contributed by atoms with van der Waals surface area (Å²) in [4.78, 5) is 0. The van der Waals surface area contributed by atoms with E-state index in [-0.39, 0.29) is 12.7 Å². The summed E-state index contributed by atoms with van der Waals surface area (Å²) in [5.41, 5.74) is 2.04. The lowest BCUT2D eigenvalue weighted by molar-refractivity contribution is 0.0920. The van der Waals surface area contributed by atoms with E-state index in [9.17, 15) is 0 Å². The molecule has 1 N–H and O–H groups in total. The summed E-state index contributed by atoms with van der Waals surface area (Å²) in [6.45, 7) is 4.63. The van der Waals surface area contributed by atoms with Crippen molar-refractivity contribution in [3.8, 4) is 17.6 Å². The van der Waals surface area contributed by atoms with Gasteiger partial charge in [0, 0.05) is 19.1 Å². The van der Waals surface area contributed by atoms with Crippen molar-refractivity contribution in [3.05, 3.63) is 29.3 Å². The number of methoxy groups -OCH3 is 1. The number of hydrogen-bond acceptors (Lipinski definition) is 3. The van der Waals surface area contributed by atoms with Gasteiger partial charge < -0.3 is 14.6 Å². The van der Waals surface area contributed by atoms with Crippen LogP contribution in [0.1, 0.15) is 24.5 Å². The Kier molecular flexibility index (Phi) is 6.27. The molecular weight excluding hydrogens is 228 g/mol. The summed E-state index contributed by atoms with van der Waals surface area (Å²) >= 11 is 0. The Morgan fingerprint density at radius 3 is 2.78 bits per heavy atom. The van der Waals surface area contributed by atoms with E-state index in [0.29, 0.717) is 13.0 Å². The molecule has 1 rings (SSSR count). The molecule has 0 saturated heterocycles. The molecule has 0 aromatic heterocycles. The van der Waals surface area contributed by atoms with Crippen molar-refractivity contribution in [2.75, 3.05) is 20.3 Å². The van der Waals surface area contributed by atoms with Crippen LogP contribution in [-0.4, -0.2) is 31.5 Å². The summed E-state index contributed by atoms with van der Waals surface area (Å²) in [5, 5.41) is 8.67. The van der Waals surface area contributed by atoms with Gasteiger partial charge in [-0.15, -0.1) is 0 Å². The smallest absolute Gasteiger partial charge is 0.120 e. The molecule has 0 aliphatic heterocycles. The van der Waals surface area contributed by atoms with Crippen LogP contribution in [0.5, 0.6) is 5.75 Å². The Morgan fingerprint density at radius 1 is 1.39 bits per heavy atom. The van der Waals surface area contributed by atoms with Gasteiger partial charge in [0.15, 0.2) is 0 Å². The molecule has 1 aromatic carbocycles. The third-order valence-corrected chi connectivity index (χ3v) is 2.40. The molecule has 0 bridgehead atoms. The fraction of sp³-hybridized carbons (Fsp3) is 0.467. The molecule has 18 heavy (non-hydrogen) atoms. The summed E-state index contributed by atoms with van der Waals surface area (Å²) in [7, 11) is 1.66. The van der Waals surface area contributed by atoms with Crippen molar-refractivity contribution in [2.45, 2.75) is 26.4 Å². The number of benzene rings is 1. The maximum Gasteiger partial charge on any atom is 0.120 e. The summed E-state index contributed by atoms with van der Waals surface area (Å²) in [5.74, 6) is 6.77. The molecule has 1 aromatic rings. The first-order chi connectivity index (χ1) is 8.67. The zero-order chi connectivity index (χ0) is 13.4. The van der Waals surface area contributed by atoms with Crippen LogP contribution in [0.3, 0.4) is 0 Å². The highest BCUT2D eigenvalue weighted by molar-refractivity contribution is 5.44. The predicted molar refractivity (Wildman–Crippen MR) is 71.7 cm³/mol. The Bertz CT molecular complexity index is 429. The molecule has 98 valence electrons. The first-order valence-corrected chi connectivity index (χ1v) is 6.03. The first-order valence-electron chi connectivity index (χ1n) is 6.03. The quantitative estimate of drug-likeness (QED) is 0.811. The average molecular weight is 248 g/mol. The van der Waals surface area contributed by atoms with Crippen LogP contribution in [0, 0.1) is 18.8 Å². The minimum atomic E-state index is 0.0284. The van der Waals surface area contributed by atoms with Crippen LogP contribution in [0.25, 0.3) is 0 Å². The highest BCUT2D eigenvalue weighted by atomic mass is 16.5. The number of hydrogen-bond donors (Lipinski definition) is 1. The van der Waals surface area contributed by atoms with Gasteiger partial charge in [0.05, 0.1) is 13.2 Å². The second-order valence-electron chi connectivity index (χ2n) is 4.14. The third kappa shape index (κ3) is 4.79. The van der Waals surface area contributed by atoms with Crippen molar-refractivity contribution >= 4 is 0 Å². The molecular formula is C15H20O3. The van der Waals surface area contributed by atoms with Gasteiger partial charge in [0.1, 0.15) is 11.9 Å². The zero-order valence-corrected chi connectivity index (χ0v) is 11.2. The van der Waals surface area contributed by atoms with Gasteiger partial charge >= 0.3 is 0 Å². The molecule has 3 nitrogen and oxygen atoms in total. The molecule has 1 unspecified atom stereocenters. The topological polar surface area (TPSA) is 38.7 Å². The van der Waals surface area contributed by atoms with Crippen molar-refractivity contribution in [2.24, 2.45) is 0 Å². The van der Waals surface area contributed by atoms with E-state index in [1.807, 2.05) is 32.0 Å². The molecule has 0 radical (unpaired) electrons. The average Bonchev–Trinajstić information content (AvgIpc) is 2.32. The Labute approximate surface area is 109 Å². The monoisotopic (exact) mass is 248 g/mol. The molecule has 1 atom stereocenters. The maximum absolute atomic E-state index is 8.67. The Hall–Kier alpha value is -1.50. The fourth-order valence-electron chi connectivity index (χ4n) is 1.56. The van der Waals surface area contributed by atoms with E-state index in [1.54, 1.807) is 7.11 Å². The molecule has 0 aliphatic rings. The maximum atomic E-state index is 8.67. The number of ether oxygens (including phenoxy) is 2. The van der Waals surface area contributed by atoms with E-state index in [1.165, 1.54) is 0 Å². The standard InChI is InChI=1S/C15H20O3/c1-12-10-15(18-13(2)11-17-3)8-7-14(12)6-4-5-9-16/h7-8,10,13,16H,5,9,11H2,1-3H3. The SMILES string of the molecule is COCC(C)Oc1ccc(C#CCCO)c(C)c1. The first kappa shape index (κ1) is 14.6. The molecule has 0 amide bonds. The summed E-state index contributed by atoms with van der Waals surface area (Å²) in [6, 6.07) is 5.81. The van der Waals surface area contributed by atoms with Crippen LogP contribution in [0.2, 0.25) is 0 Å². The highest BCUT2D eigenvalue weighted by Gasteiger charge is 2.04. The minimum Gasteiger partial charge on any atom is -0.488 e. The van der Waals surface area contributed by atoms with Crippen LogP contribution in [0.4, 0.5) is 0 Å². The molecule has 0 fully saturated rings. The van der Waals surface area contributed by atoms with Gasteiger partial charge in [-0.1, -0.05) is 11.8 Å². The van der Waals surface area contributed by atoms with Gasteiger partial charge in [-0.05, 0) is 37.6 Å². The number of aliphatic hydroxyl groups excluding tert-OH is 1. The van der Waals surface area contributed by atoms with Gasteiger partial charge in [-0.3, -0.25) is 0 Å². The largest absolute Gasteiger partial charge is 0.488 e. The van der Waals surface area contributed by atoms with E-state index in [2.05, 4.69) is 11.8 Å². The van der Waals surface area contributed by atoms with Gasteiger partial charge in [0.2, 0.25) is 0 Å². The fourth-order valence-corrected chi connectivity index (χ4v) is 1.56. The lowest BCUT2D eigenvalue weighted by Crippen LogP contribution is -2.17. The summed E-state index contributed by atoms with van der Waals surface area (Å²) in [6.07, 6.45) is 0.531. The molecule has 0 aliphatic carbocycles. The van der Waals surface area contributed by atoms with Gasteiger partial charge in [-0.2, -0.15) is 0 Å². The molecule has 0 spiro atoms. The second kappa shape index (κ2) is 7.75. The second-order valence-corrected chi connectivity index (χ2v) is 4.14. The van der Waals surface area contributed by atoms with Gasteiger partial charge in [-0.25, -0.2) is 0 Å². The van der Waals surface area contributed by atoms with Crippen molar-refractivity contribution in [3.63, 3.8) is 0 Å². The lowest BCUT2D eigenvalue weighted by atomic mass is 10.1. The Balaban J connectivity index is 2.71. The summed E-state index contributed by atoms with van der Waals surface area (Å²) < 4.78 is 10.7. The highest BCUT2D eigenvalue weighted by Crippen LogP contribution is 2.18. The molecule has 0 saturated carbocycles. The predicted octanol–water partition coefficient (Wildman–Crippen LogP) is 2.14.